The Balaban J connectivity index is 1.77. The molecule has 2 fully saturated rings. The van der Waals surface area contributed by atoms with E-state index in [0.29, 0.717) is 10.9 Å². The molecular weight excluding hydrogens is 377 g/mol. The van der Waals surface area contributed by atoms with Gasteiger partial charge in [0.2, 0.25) is 5.91 Å². The van der Waals surface area contributed by atoms with Crippen molar-refractivity contribution in [2.75, 3.05) is 42.5 Å². The van der Waals surface area contributed by atoms with Gasteiger partial charge in [0.1, 0.15) is 6.54 Å². The highest BCUT2D eigenvalue weighted by atomic mass is 19.4. The van der Waals surface area contributed by atoms with Gasteiger partial charge in [0.15, 0.2) is 5.82 Å². The Kier molecular flexibility index (Phi) is 4.61. The molecule has 0 atom stereocenters. The van der Waals surface area contributed by atoms with Crippen molar-refractivity contribution >= 4 is 34.3 Å². The van der Waals surface area contributed by atoms with E-state index in [0.717, 1.165) is 36.5 Å². The number of piperazine rings is 1. The average Bonchev–Trinajstić information content (AvgIpc) is 2.98. The number of anilines is 2. The number of hydrogen-bond donors (Lipinski definition) is 2. The molecule has 0 saturated carbocycles. The Morgan fingerprint density at radius 3 is 2.54 bits per heavy atom. The van der Waals surface area contributed by atoms with E-state index in [9.17, 15) is 22.8 Å². The lowest BCUT2D eigenvalue weighted by molar-refractivity contribution is -0.141. The maximum Gasteiger partial charge on any atom is 0.408 e. The first-order valence-corrected chi connectivity index (χ1v) is 8.96. The van der Waals surface area contributed by atoms with Crippen molar-refractivity contribution in [1.82, 2.24) is 20.4 Å². The molecule has 2 N–H and O–H groups in total. The van der Waals surface area contributed by atoms with Gasteiger partial charge in [-0.2, -0.15) is 18.3 Å². The second-order valence-corrected chi connectivity index (χ2v) is 6.79. The summed E-state index contributed by atoms with van der Waals surface area (Å²) in [5, 5.41) is 9.92. The molecule has 28 heavy (non-hydrogen) atoms. The monoisotopic (exact) mass is 396 g/mol. The minimum absolute atomic E-state index is 0.0677. The van der Waals surface area contributed by atoms with Crippen molar-refractivity contribution in [2.45, 2.75) is 19.1 Å². The number of halogens is 3. The number of nitrogens with zero attached hydrogens (tertiary/aromatic N) is 4. The van der Waals surface area contributed by atoms with E-state index in [2.05, 4.69) is 20.6 Å². The Bertz CT molecular complexity index is 919. The molecule has 2 aliphatic rings. The Labute approximate surface area is 158 Å². The van der Waals surface area contributed by atoms with Crippen molar-refractivity contribution in [3.05, 3.63) is 18.2 Å². The summed E-state index contributed by atoms with van der Waals surface area (Å²) in [5.74, 6) is -0.294. The zero-order chi connectivity index (χ0) is 19.9. The number of hydrogen-bond acceptors (Lipinski definition) is 5. The van der Waals surface area contributed by atoms with Gasteiger partial charge in [0.05, 0.1) is 5.52 Å². The normalized spacial score (nSPS) is 18.7. The largest absolute Gasteiger partial charge is 0.408 e. The molecule has 2 aromatic rings. The fourth-order valence-corrected chi connectivity index (χ4v) is 3.52. The highest BCUT2D eigenvalue weighted by Crippen LogP contribution is 2.32. The summed E-state index contributed by atoms with van der Waals surface area (Å²) in [6.45, 7) is 1.91. The Hall–Kier alpha value is -2.82. The van der Waals surface area contributed by atoms with Crippen molar-refractivity contribution in [1.29, 1.82) is 0 Å². The highest BCUT2D eigenvalue weighted by molar-refractivity contribution is 6.09. The molecule has 2 saturated heterocycles. The first-order valence-electron chi connectivity index (χ1n) is 8.96. The number of benzene rings is 1. The summed E-state index contributed by atoms with van der Waals surface area (Å²) in [6.07, 6.45) is -4.39. The molecule has 3 heterocycles. The van der Waals surface area contributed by atoms with Crippen LogP contribution in [0.3, 0.4) is 0 Å². The first-order chi connectivity index (χ1) is 13.3. The summed E-state index contributed by atoms with van der Waals surface area (Å²) in [5.41, 5.74) is 1.11. The van der Waals surface area contributed by atoms with Gasteiger partial charge in [-0.25, -0.2) is 4.79 Å². The van der Waals surface area contributed by atoms with E-state index in [1.165, 1.54) is 4.90 Å². The number of imide groups is 1. The molecule has 0 bridgehead atoms. The van der Waals surface area contributed by atoms with E-state index < -0.39 is 24.7 Å². The maximum atomic E-state index is 13.1. The first kappa shape index (κ1) is 18.5. The number of nitrogens with one attached hydrogen (secondary N) is 2. The van der Waals surface area contributed by atoms with Gasteiger partial charge >= 0.3 is 12.2 Å². The van der Waals surface area contributed by atoms with Crippen LogP contribution in [0.5, 0.6) is 0 Å². The number of aromatic nitrogens is 2. The third-order valence-electron chi connectivity index (χ3n) is 4.84. The maximum absolute atomic E-state index is 13.1. The molecule has 150 valence electrons. The number of carbonyl (C=O) groups is 2. The predicted octanol–water partition coefficient (Wildman–Crippen LogP) is 1.45. The van der Waals surface area contributed by atoms with E-state index in [4.69, 9.17) is 0 Å². The zero-order valence-electron chi connectivity index (χ0n) is 14.9. The highest BCUT2D eigenvalue weighted by Gasteiger charge is 2.33. The molecular formula is C17H19F3N6O2. The smallest absolute Gasteiger partial charge is 0.369 e. The van der Waals surface area contributed by atoms with Gasteiger partial charge in [0, 0.05) is 50.2 Å². The second kappa shape index (κ2) is 6.97. The lowest BCUT2D eigenvalue weighted by atomic mass is 10.2. The zero-order valence-corrected chi connectivity index (χ0v) is 14.9. The molecule has 8 nitrogen and oxygen atoms in total. The molecule has 3 amide bonds. The molecule has 2 aliphatic heterocycles. The number of rotatable bonds is 3. The third-order valence-corrected chi connectivity index (χ3v) is 4.84. The standard InChI is InChI=1S/C17H19F3N6O2/c18-17(19,20)10-26-13-9-11(24-7-4-21-5-8-24)1-2-12(13)15(23-26)25-6-3-14(27)22-16(25)28/h1-2,9,21H,3-8,10H2,(H,22,27,28). The third kappa shape index (κ3) is 3.61. The molecule has 0 spiro atoms. The van der Waals surface area contributed by atoms with E-state index in [-0.39, 0.29) is 18.8 Å². The number of fused-ring (bicyclic) bond motifs is 1. The molecule has 0 radical (unpaired) electrons. The number of urea groups is 1. The van der Waals surface area contributed by atoms with Crippen LogP contribution < -0.4 is 20.4 Å². The molecule has 4 rings (SSSR count). The number of amides is 3. The lowest BCUT2D eigenvalue weighted by Crippen LogP contribution is -2.49. The van der Waals surface area contributed by atoms with Gasteiger partial charge in [-0.3, -0.25) is 19.7 Å². The quantitative estimate of drug-likeness (QED) is 0.821. The van der Waals surface area contributed by atoms with Crippen molar-refractivity contribution < 1.29 is 22.8 Å². The molecule has 0 unspecified atom stereocenters. The van der Waals surface area contributed by atoms with Crippen LogP contribution in [0.4, 0.5) is 29.5 Å². The van der Waals surface area contributed by atoms with Crippen LogP contribution in [-0.4, -0.2) is 60.6 Å². The van der Waals surface area contributed by atoms with Gasteiger partial charge in [-0.1, -0.05) is 0 Å². The van der Waals surface area contributed by atoms with Crippen LogP contribution in [0.25, 0.3) is 10.9 Å². The number of alkyl halides is 3. The Morgan fingerprint density at radius 1 is 1.11 bits per heavy atom. The van der Waals surface area contributed by atoms with Gasteiger partial charge in [-0.15, -0.1) is 0 Å². The summed E-state index contributed by atoms with van der Waals surface area (Å²) >= 11 is 0. The van der Waals surface area contributed by atoms with E-state index >= 15 is 0 Å². The SMILES string of the molecule is O=C1CCN(c2nn(CC(F)(F)F)c3cc(N4CCNCC4)ccc23)C(=O)N1. The fourth-order valence-electron chi connectivity index (χ4n) is 3.52. The average molecular weight is 396 g/mol. The van der Waals surface area contributed by atoms with Crippen molar-refractivity contribution in [3.8, 4) is 0 Å². The lowest BCUT2D eigenvalue weighted by Gasteiger charge is -2.29. The van der Waals surface area contributed by atoms with Crippen LogP contribution in [0.15, 0.2) is 18.2 Å². The van der Waals surface area contributed by atoms with Crippen LogP contribution in [-0.2, 0) is 11.3 Å². The molecule has 1 aromatic carbocycles. The van der Waals surface area contributed by atoms with Crippen molar-refractivity contribution in [2.24, 2.45) is 0 Å². The number of carbonyl (C=O) groups excluding carboxylic acids is 2. The van der Waals surface area contributed by atoms with Crippen LogP contribution in [0, 0.1) is 0 Å². The van der Waals surface area contributed by atoms with Crippen molar-refractivity contribution in [3.63, 3.8) is 0 Å². The Morgan fingerprint density at radius 2 is 1.86 bits per heavy atom. The van der Waals surface area contributed by atoms with Gasteiger partial charge in [-0.05, 0) is 18.2 Å². The van der Waals surface area contributed by atoms with Crippen LogP contribution in [0.1, 0.15) is 6.42 Å². The fraction of sp³-hybridized carbons (Fsp3) is 0.471. The molecule has 11 heteroatoms. The molecule has 1 aromatic heterocycles. The topological polar surface area (TPSA) is 82.5 Å². The van der Waals surface area contributed by atoms with Crippen LogP contribution in [0.2, 0.25) is 0 Å². The van der Waals surface area contributed by atoms with Gasteiger partial charge in [0.25, 0.3) is 0 Å². The molecule has 0 aliphatic carbocycles. The summed E-state index contributed by atoms with van der Waals surface area (Å²) in [4.78, 5) is 26.8. The second-order valence-electron chi connectivity index (χ2n) is 6.79. The minimum Gasteiger partial charge on any atom is -0.369 e. The minimum atomic E-state index is -4.46. The summed E-state index contributed by atoms with van der Waals surface area (Å²) in [6, 6.07) is 4.51. The summed E-state index contributed by atoms with van der Waals surface area (Å²) in [7, 11) is 0. The van der Waals surface area contributed by atoms with Crippen LogP contribution >= 0.6 is 0 Å². The van der Waals surface area contributed by atoms with Gasteiger partial charge < -0.3 is 10.2 Å². The predicted molar refractivity (Wildman–Crippen MR) is 96.4 cm³/mol. The summed E-state index contributed by atoms with van der Waals surface area (Å²) < 4.78 is 40.1. The van der Waals surface area contributed by atoms with E-state index in [1.807, 2.05) is 6.07 Å². The van der Waals surface area contributed by atoms with E-state index in [1.54, 1.807) is 12.1 Å².